The number of hydrogen-bond acceptors (Lipinski definition) is 3. The Morgan fingerprint density at radius 3 is 1.63 bits per heavy atom. The molecule has 0 atom stereocenters. The van der Waals surface area contributed by atoms with Crippen molar-refractivity contribution in [3.8, 4) is 17.2 Å². The molecule has 0 bridgehead atoms. The zero-order valence-corrected chi connectivity index (χ0v) is 15.0. The van der Waals surface area contributed by atoms with E-state index in [0.29, 0.717) is 0 Å². The van der Waals surface area contributed by atoms with Gasteiger partial charge in [-0.15, -0.1) is 0 Å². The highest BCUT2D eigenvalue weighted by molar-refractivity contribution is 5.91. The van der Waals surface area contributed by atoms with Crippen molar-refractivity contribution in [1.29, 1.82) is 0 Å². The zero-order chi connectivity index (χ0) is 18.5. The molecule has 0 saturated heterocycles. The van der Waals surface area contributed by atoms with Crippen LogP contribution in [0.25, 0.3) is 10.8 Å². The van der Waals surface area contributed by atoms with Gasteiger partial charge in [0.05, 0.1) is 7.11 Å². The molecule has 0 aliphatic carbocycles. The van der Waals surface area contributed by atoms with Gasteiger partial charge in [-0.25, -0.2) is 0 Å². The van der Waals surface area contributed by atoms with Gasteiger partial charge >= 0.3 is 0 Å². The van der Waals surface area contributed by atoms with Crippen LogP contribution in [0.4, 0.5) is 0 Å². The van der Waals surface area contributed by atoms with Gasteiger partial charge in [-0.05, 0) is 41.8 Å². The maximum absolute atomic E-state index is 6.22. The average molecular weight is 356 g/mol. The highest BCUT2D eigenvalue weighted by atomic mass is 16.7. The summed E-state index contributed by atoms with van der Waals surface area (Å²) in [6.07, 6.45) is -0.592. The minimum absolute atomic E-state index is 0.592. The Labute approximate surface area is 158 Å². The van der Waals surface area contributed by atoms with Crippen LogP contribution in [-0.4, -0.2) is 7.11 Å². The molecule has 3 heteroatoms. The molecule has 0 saturated carbocycles. The Kier molecular flexibility index (Phi) is 4.93. The summed E-state index contributed by atoms with van der Waals surface area (Å²) in [7, 11) is 1.68. The van der Waals surface area contributed by atoms with Gasteiger partial charge in [-0.2, -0.15) is 0 Å². The Morgan fingerprint density at radius 1 is 0.556 bits per heavy atom. The van der Waals surface area contributed by atoms with Crippen LogP contribution in [0.15, 0.2) is 97.1 Å². The van der Waals surface area contributed by atoms with E-state index in [9.17, 15) is 0 Å². The lowest BCUT2D eigenvalue weighted by Crippen LogP contribution is -2.15. The normalized spacial score (nSPS) is 10.7. The summed E-state index contributed by atoms with van der Waals surface area (Å²) in [5.74, 6) is 2.32. The van der Waals surface area contributed by atoms with E-state index >= 15 is 0 Å². The van der Waals surface area contributed by atoms with Gasteiger partial charge in [-0.3, -0.25) is 0 Å². The minimum atomic E-state index is -0.592. The summed E-state index contributed by atoms with van der Waals surface area (Å²) in [5.41, 5.74) is 0.944. The third-order valence-corrected chi connectivity index (χ3v) is 4.36. The molecular weight excluding hydrogens is 336 g/mol. The molecule has 0 aromatic heterocycles. The molecule has 134 valence electrons. The fourth-order valence-corrected chi connectivity index (χ4v) is 3.07. The van der Waals surface area contributed by atoms with Crippen LogP contribution in [0.1, 0.15) is 11.9 Å². The highest BCUT2D eigenvalue weighted by Gasteiger charge is 2.20. The number of para-hydroxylation sites is 2. The minimum Gasteiger partial charge on any atom is -0.496 e. The van der Waals surface area contributed by atoms with E-state index in [1.807, 2.05) is 91.0 Å². The smallest absolute Gasteiger partial charge is 0.268 e. The average Bonchev–Trinajstić information content (AvgIpc) is 2.74. The molecular formula is C24H20O3. The second-order valence-electron chi connectivity index (χ2n) is 6.10. The molecule has 0 heterocycles. The fraction of sp³-hybridized carbons (Fsp3) is 0.0833. The van der Waals surface area contributed by atoms with Crippen molar-refractivity contribution in [2.45, 2.75) is 6.29 Å². The molecule has 0 radical (unpaired) electrons. The second-order valence-corrected chi connectivity index (χ2v) is 6.10. The van der Waals surface area contributed by atoms with Crippen LogP contribution in [0.2, 0.25) is 0 Å². The standard InChI is InChI=1S/C24H20O3/c1-25-23-17-16-22(20-14-8-9-15-21(20)23)24(26-18-10-4-2-5-11-18)27-19-12-6-3-7-13-19/h2-17,24H,1H3. The number of rotatable bonds is 6. The maximum atomic E-state index is 6.22. The lowest BCUT2D eigenvalue weighted by molar-refractivity contribution is 0.00501. The van der Waals surface area contributed by atoms with Crippen molar-refractivity contribution in [3.05, 3.63) is 103 Å². The van der Waals surface area contributed by atoms with E-state index in [4.69, 9.17) is 14.2 Å². The molecule has 4 aromatic rings. The second kappa shape index (κ2) is 7.83. The number of fused-ring (bicyclic) bond motifs is 1. The van der Waals surface area contributed by atoms with Gasteiger partial charge in [0.2, 0.25) is 0 Å². The number of benzene rings is 4. The van der Waals surface area contributed by atoms with E-state index in [1.165, 1.54) is 0 Å². The van der Waals surface area contributed by atoms with Crippen molar-refractivity contribution in [2.75, 3.05) is 7.11 Å². The Hall–Kier alpha value is -3.46. The predicted molar refractivity (Wildman–Crippen MR) is 107 cm³/mol. The van der Waals surface area contributed by atoms with Crippen LogP contribution >= 0.6 is 0 Å². The molecule has 0 aliphatic rings. The van der Waals surface area contributed by atoms with Crippen molar-refractivity contribution in [1.82, 2.24) is 0 Å². The molecule has 4 rings (SSSR count). The number of methoxy groups -OCH3 is 1. The summed E-state index contributed by atoms with van der Waals surface area (Å²) in [6, 6.07) is 31.5. The third-order valence-electron chi connectivity index (χ3n) is 4.36. The summed E-state index contributed by atoms with van der Waals surface area (Å²) in [4.78, 5) is 0. The third kappa shape index (κ3) is 3.72. The Balaban J connectivity index is 1.79. The molecule has 0 aliphatic heterocycles. The molecule has 27 heavy (non-hydrogen) atoms. The van der Waals surface area contributed by atoms with Crippen LogP contribution in [0.3, 0.4) is 0 Å². The molecule has 0 spiro atoms. The molecule has 0 fully saturated rings. The molecule has 4 aromatic carbocycles. The van der Waals surface area contributed by atoms with Crippen molar-refractivity contribution in [2.24, 2.45) is 0 Å². The first-order valence-electron chi connectivity index (χ1n) is 8.84. The number of hydrogen-bond donors (Lipinski definition) is 0. The topological polar surface area (TPSA) is 27.7 Å². The highest BCUT2D eigenvalue weighted by Crippen LogP contribution is 2.34. The Bertz CT molecular complexity index is 972. The molecule has 0 N–H and O–H groups in total. The van der Waals surface area contributed by atoms with E-state index < -0.39 is 6.29 Å². The van der Waals surface area contributed by atoms with E-state index in [0.717, 1.165) is 33.6 Å². The van der Waals surface area contributed by atoms with E-state index in [2.05, 4.69) is 6.07 Å². The van der Waals surface area contributed by atoms with Crippen molar-refractivity contribution in [3.63, 3.8) is 0 Å². The van der Waals surface area contributed by atoms with E-state index in [1.54, 1.807) is 7.11 Å². The van der Waals surface area contributed by atoms with Crippen LogP contribution in [0.5, 0.6) is 17.2 Å². The predicted octanol–water partition coefficient (Wildman–Crippen LogP) is 6.01. The summed E-state index contributed by atoms with van der Waals surface area (Å²) in [5, 5.41) is 2.06. The van der Waals surface area contributed by atoms with Gasteiger partial charge < -0.3 is 14.2 Å². The molecule has 0 unspecified atom stereocenters. The summed E-state index contributed by atoms with van der Waals surface area (Å²) < 4.78 is 18.0. The first kappa shape index (κ1) is 17.0. The molecule has 3 nitrogen and oxygen atoms in total. The van der Waals surface area contributed by atoms with Crippen molar-refractivity contribution < 1.29 is 14.2 Å². The van der Waals surface area contributed by atoms with E-state index in [-0.39, 0.29) is 0 Å². The lowest BCUT2D eigenvalue weighted by Gasteiger charge is -2.23. The van der Waals surface area contributed by atoms with Crippen LogP contribution < -0.4 is 14.2 Å². The maximum Gasteiger partial charge on any atom is 0.268 e. The quantitative estimate of drug-likeness (QED) is 0.396. The largest absolute Gasteiger partial charge is 0.496 e. The SMILES string of the molecule is COc1ccc(C(Oc2ccccc2)Oc2ccccc2)c2ccccc12. The Morgan fingerprint density at radius 2 is 1.07 bits per heavy atom. The van der Waals surface area contributed by atoms with Crippen molar-refractivity contribution >= 4 is 10.8 Å². The molecule has 0 amide bonds. The van der Waals surface area contributed by atoms with Gasteiger partial charge in [0.25, 0.3) is 6.29 Å². The fourth-order valence-electron chi connectivity index (χ4n) is 3.07. The van der Waals surface area contributed by atoms with Gasteiger partial charge in [0.15, 0.2) is 0 Å². The first-order valence-corrected chi connectivity index (χ1v) is 8.84. The zero-order valence-electron chi connectivity index (χ0n) is 15.0. The van der Waals surface area contributed by atoms with Gasteiger partial charge in [0, 0.05) is 10.9 Å². The summed E-state index contributed by atoms with van der Waals surface area (Å²) in [6.45, 7) is 0. The van der Waals surface area contributed by atoms with Crippen LogP contribution in [0, 0.1) is 0 Å². The lowest BCUT2D eigenvalue weighted by atomic mass is 10.0. The van der Waals surface area contributed by atoms with Gasteiger partial charge in [-0.1, -0.05) is 60.7 Å². The summed E-state index contributed by atoms with van der Waals surface area (Å²) >= 11 is 0. The monoisotopic (exact) mass is 356 g/mol. The first-order chi connectivity index (χ1) is 13.3. The number of ether oxygens (including phenoxy) is 3. The van der Waals surface area contributed by atoms with Crippen LogP contribution in [-0.2, 0) is 0 Å². The van der Waals surface area contributed by atoms with Gasteiger partial charge in [0.1, 0.15) is 17.2 Å².